The van der Waals surface area contributed by atoms with Crippen molar-refractivity contribution in [1.82, 2.24) is 5.32 Å². The van der Waals surface area contributed by atoms with Gasteiger partial charge >= 0.3 is 0 Å². The molecule has 3 aromatic rings. The van der Waals surface area contributed by atoms with Crippen LogP contribution in [0.3, 0.4) is 0 Å². The number of halogens is 2. The van der Waals surface area contributed by atoms with Crippen LogP contribution in [0.15, 0.2) is 60.2 Å². The monoisotopic (exact) mass is 510 g/mol. The molecular weight excluding hydrogens is 487 g/mol. The van der Waals surface area contributed by atoms with Gasteiger partial charge in [-0.25, -0.2) is 4.39 Å². The van der Waals surface area contributed by atoms with E-state index in [4.69, 9.17) is 30.5 Å². The van der Waals surface area contributed by atoms with Crippen LogP contribution in [0, 0.1) is 17.1 Å². The van der Waals surface area contributed by atoms with Crippen molar-refractivity contribution in [2.75, 3.05) is 21.3 Å². The summed E-state index contributed by atoms with van der Waals surface area (Å²) in [7, 11) is 4.51. The number of benzene rings is 3. The first kappa shape index (κ1) is 26.4. The van der Waals surface area contributed by atoms with Crippen LogP contribution in [-0.4, -0.2) is 27.2 Å². The van der Waals surface area contributed by atoms with Gasteiger partial charge in [0.1, 0.15) is 35.6 Å². The Morgan fingerprint density at radius 1 is 1.03 bits per heavy atom. The van der Waals surface area contributed by atoms with Crippen LogP contribution in [0.1, 0.15) is 16.7 Å². The molecule has 3 aromatic carbocycles. The Labute approximate surface area is 213 Å². The number of amides is 1. The Hall–Kier alpha value is -4.22. The Morgan fingerprint density at radius 3 is 2.39 bits per heavy atom. The number of nitrogens with zero attached hydrogens (tertiary/aromatic N) is 1. The quantitative estimate of drug-likeness (QED) is 0.294. The molecule has 0 aromatic heterocycles. The molecule has 1 N–H and O–H groups in total. The molecule has 0 spiro atoms. The molecular formula is C27H24ClFN2O5. The number of methoxy groups -OCH3 is 3. The largest absolute Gasteiger partial charge is 0.497 e. The van der Waals surface area contributed by atoms with Crippen LogP contribution < -0.4 is 24.3 Å². The minimum absolute atomic E-state index is 0.124. The molecule has 3 rings (SSSR count). The molecule has 0 aliphatic rings. The summed E-state index contributed by atoms with van der Waals surface area (Å²) in [6.07, 6.45) is 1.40. The number of ether oxygens (including phenoxy) is 4. The van der Waals surface area contributed by atoms with Gasteiger partial charge in [0.15, 0.2) is 11.5 Å². The topological polar surface area (TPSA) is 89.8 Å². The molecule has 36 heavy (non-hydrogen) atoms. The molecule has 1 amide bonds. The van der Waals surface area contributed by atoms with E-state index in [0.29, 0.717) is 22.8 Å². The molecule has 0 radical (unpaired) electrons. The molecule has 0 unspecified atom stereocenters. The number of nitriles is 1. The first-order valence-corrected chi connectivity index (χ1v) is 11.1. The van der Waals surface area contributed by atoms with E-state index in [1.54, 1.807) is 49.6 Å². The second-order valence-corrected chi connectivity index (χ2v) is 7.89. The summed E-state index contributed by atoms with van der Waals surface area (Å²) >= 11 is 6.41. The average molecular weight is 511 g/mol. The van der Waals surface area contributed by atoms with E-state index in [1.807, 2.05) is 6.07 Å². The van der Waals surface area contributed by atoms with E-state index < -0.39 is 5.91 Å². The van der Waals surface area contributed by atoms with Crippen molar-refractivity contribution in [1.29, 1.82) is 5.26 Å². The molecule has 0 aliphatic heterocycles. The number of nitrogens with one attached hydrogen (secondary N) is 1. The van der Waals surface area contributed by atoms with E-state index in [-0.39, 0.29) is 35.3 Å². The van der Waals surface area contributed by atoms with Gasteiger partial charge in [-0.3, -0.25) is 4.79 Å². The third kappa shape index (κ3) is 6.68. The molecule has 0 saturated heterocycles. The van der Waals surface area contributed by atoms with Crippen molar-refractivity contribution < 1.29 is 28.1 Å². The van der Waals surface area contributed by atoms with Crippen molar-refractivity contribution in [3.05, 3.63) is 87.7 Å². The highest BCUT2D eigenvalue weighted by Gasteiger charge is 2.15. The lowest BCUT2D eigenvalue weighted by atomic mass is 10.1. The van der Waals surface area contributed by atoms with E-state index >= 15 is 0 Å². The van der Waals surface area contributed by atoms with Gasteiger partial charge in [-0.05, 0) is 53.6 Å². The second-order valence-electron chi connectivity index (χ2n) is 7.48. The predicted octanol–water partition coefficient (Wildman–Crippen LogP) is 5.31. The number of hydrogen-bond donors (Lipinski definition) is 1. The Bertz CT molecular complexity index is 1300. The van der Waals surface area contributed by atoms with Crippen LogP contribution >= 0.6 is 11.6 Å². The smallest absolute Gasteiger partial charge is 0.262 e. The van der Waals surface area contributed by atoms with Crippen molar-refractivity contribution in [3.63, 3.8) is 0 Å². The zero-order chi connectivity index (χ0) is 26.1. The van der Waals surface area contributed by atoms with Crippen molar-refractivity contribution in [3.8, 4) is 29.1 Å². The van der Waals surface area contributed by atoms with Gasteiger partial charge in [-0.15, -0.1) is 0 Å². The Kier molecular flexibility index (Phi) is 9.14. The van der Waals surface area contributed by atoms with Gasteiger partial charge in [0.2, 0.25) is 0 Å². The zero-order valence-corrected chi connectivity index (χ0v) is 20.7. The normalized spacial score (nSPS) is 10.8. The SMILES string of the molecule is COc1ccc(CNC(=O)/C(C#N)=C/c2cc(Cl)c(OCc3ccc(F)cc3)c(OC)c2)c(OC)c1. The first-order chi connectivity index (χ1) is 17.4. The van der Waals surface area contributed by atoms with Crippen LogP contribution in [0.4, 0.5) is 4.39 Å². The average Bonchev–Trinajstić information content (AvgIpc) is 2.90. The second kappa shape index (κ2) is 12.5. The minimum atomic E-state index is -0.568. The summed E-state index contributed by atoms with van der Waals surface area (Å²) in [4.78, 5) is 12.7. The summed E-state index contributed by atoms with van der Waals surface area (Å²) < 4.78 is 34.8. The number of carbonyl (C=O) groups excluding carboxylic acids is 1. The molecule has 186 valence electrons. The molecule has 0 atom stereocenters. The lowest BCUT2D eigenvalue weighted by Crippen LogP contribution is -2.24. The molecule has 9 heteroatoms. The van der Waals surface area contributed by atoms with Gasteiger partial charge in [0.05, 0.1) is 26.4 Å². The lowest BCUT2D eigenvalue weighted by molar-refractivity contribution is -0.117. The van der Waals surface area contributed by atoms with Crippen molar-refractivity contribution in [2.24, 2.45) is 0 Å². The predicted molar refractivity (Wildman–Crippen MR) is 134 cm³/mol. The van der Waals surface area contributed by atoms with Gasteiger partial charge in [0, 0.05) is 18.2 Å². The maximum absolute atomic E-state index is 13.1. The molecule has 0 aliphatic carbocycles. The summed E-state index contributed by atoms with van der Waals surface area (Å²) in [5, 5.41) is 12.5. The third-order valence-electron chi connectivity index (χ3n) is 5.16. The highest BCUT2D eigenvalue weighted by Crippen LogP contribution is 2.37. The maximum Gasteiger partial charge on any atom is 0.262 e. The standard InChI is InChI=1S/C27H24ClFN2O5/c1-33-22-9-6-19(24(13-22)34-2)15-31-27(32)20(14-30)10-18-11-23(28)26(25(12-18)35-3)36-16-17-4-7-21(29)8-5-17/h4-13H,15-16H2,1-3H3,(H,31,32)/b20-10+. The summed E-state index contributed by atoms with van der Waals surface area (Å²) in [6, 6.07) is 16.2. The van der Waals surface area contributed by atoms with Crippen LogP contribution in [0.25, 0.3) is 6.08 Å². The van der Waals surface area contributed by atoms with E-state index in [9.17, 15) is 14.4 Å². The van der Waals surface area contributed by atoms with E-state index in [0.717, 1.165) is 11.1 Å². The highest BCUT2D eigenvalue weighted by molar-refractivity contribution is 6.32. The zero-order valence-electron chi connectivity index (χ0n) is 19.9. The van der Waals surface area contributed by atoms with Crippen LogP contribution in [0.2, 0.25) is 5.02 Å². The molecule has 0 heterocycles. The summed E-state index contributed by atoms with van der Waals surface area (Å²) in [5.41, 5.74) is 1.81. The Morgan fingerprint density at radius 2 is 1.75 bits per heavy atom. The van der Waals surface area contributed by atoms with E-state index in [2.05, 4.69) is 5.32 Å². The summed E-state index contributed by atoms with van der Waals surface area (Å²) in [6.45, 7) is 0.289. The third-order valence-corrected chi connectivity index (χ3v) is 5.44. The molecule has 7 nitrogen and oxygen atoms in total. The van der Waals surface area contributed by atoms with Gasteiger partial charge in [0.25, 0.3) is 5.91 Å². The molecule has 0 fully saturated rings. The maximum atomic E-state index is 13.1. The van der Waals surface area contributed by atoms with Crippen LogP contribution in [0.5, 0.6) is 23.0 Å². The fraction of sp³-hybridized carbons (Fsp3) is 0.185. The lowest BCUT2D eigenvalue weighted by Gasteiger charge is -2.14. The fourth-order valence-corrected chi connectivity index (χ4v) is 3.56. The highest BCUT2D eigenvalue weighted by atomic mass is 35.5. The van der Waals surface area contributed by atoms with Gasteiger partial charge in [-0.2, -0.15) is 5.26 Å². The van der Waals surface area contributed by atoms with Crippen LogP contribution in [-0.2, 0) is 17.9 Å². The first-order valence-electron chi connectivity index (χ1n) is 10.7. The van der Waals surface area contributed by atoms with Gasteiger partial charge < -0.3 is 24.3 Å². The van der Waals surface area contributed by atoms with Crippen molar-refractivity contribution in [2.45, 2.75) is 13.2 Å². The van der Waals surface area contributed by atoms with Gasteiger partial charge in [-0.1, -0.05) is 23.7 Å². The number of carbonyl (C=O) groups is 1. The van der Waals surface area contributed by atoms with E-state index in [1.165, 1.54) is 32.4 Å². The summed E-state index contributed by atoms with van der Waals surface area (Å²) in [5.74, 6) is 0.861. The minimum Gasteiger partial charge on any atom is -0.497 e. The fourth-order valence-electron chi connectivity index (χ4n) is 3.28. The Balaban J connectivity index is 1.75. The molecule has 0 saturated carbocycles. The number of hydrogen-bond acceptors (Lipinski definition) is 6. The molecule has 0 bridgehead atoms. The van der Waals surface area contributed by atoms with Crippen molar-refractivity contribution >= 4 is 23.6 Å². The number of rotatable bonds is 10.